The Morgan fingerprint density at radius 2 is 2.06 bits per heavy atom. The molecule has 1 atom stereocenters. The van der Waals surface area contributed by atoms with Crippen LogP contribution in [0.4, 0.5) is 10.1 Å². The number of anilines is 2. The first kappa shape index (κ1) is 21.3. The van der Waals surface area contributed by atoms with E-state index in [0.717, 1.165) is 15.9 Å². The summed E-state index contributed by atoms with van der Waals surface area (Å²) in [4.78, 5) is 35.0. The number of nitrogens with one attached hydrogen (secondary N) is 3. The Labute approximate surface area is 187 Å². The standard InChI is InChI=1S/C17H15Cl2N7O4S/c1-25-15(28)12-13(23-17(25)29)20-6-26(12)5-10(27)21-16-22-11(14(24-30)31-16)7-2-3-8(18)9(19)4-7/h2-4,6,10,24,27,30H,5H2,1H3,(H,21,22)(H,23,29). The van der Waals surface area contributed by atoms with Gasteiger partial charge in [-0.05, 0) is 12.1 Å². The van der Waals surface area contributed by atoms with Gasteiger partial charge in [-0.25, -0.2) is 14.8 Å². The first-order valence-electron chi connectivity index (χ1n) is 8.73. The maximum absolute atomic E-state index is 12.4. The van der Waals surface area contributed by atoms with E-state index in [-0.39, 0.29) is 17.7 Å². The number of imidazole rings is 1. The topological polar surface area (TPSA) is 150 Å². The third-order valence-electron chi connectivity index (χ3n) is 4.46. The number of halogens is 2. The lowest BCUT2D eigenvalue weighted by Crippen LogP contribution is -2.34. The number of thiazole rings is 1. The predicted octanol–water partition coefficient (Wildman–Crippen LogP) is 2.09. The molecule has 0 radical (unpaired) electrons. The van der Waals surface area contributed by atoms with Gasteiger partial charge in [-0.3, -0.25) is 25.0 Å². The average Bonchev–Trinajstić information content (AvgIpc) is 3.32. The van der Waals surface area contributed by atoms with Crippen molar-refractivity contribution >= 4 is 55.8 Å². The van der Waals surface area contributed by atoms with Gasteiger partial charge < -0.3 is 15.0 Å². The highest BCUT2D eigenvalue weighted by molar-refractivity contribution is 7.20. The molecule has 0 spiro atoms. The van der Waals surface area contributed by atoms with Gasteiger partial charge in [0.25, 0.3) is 5.56 Å². The predicted molar refractivity (Wildman–Crippen MR) is 118 cm³/mol. The Morgan fingerprint density at radius 3 is 2.77 bits per heavy atom. The van der Waals surface area contributed by atoms with E-state index in [2.05, 4.69) is 25.7 Å². The molecule has 31 heavy (non-hydrogen) atoms. The number of hydrogen-bond donors (Lipinski definition) is 5. The molecule has 0 amide bonds. The molecule has 0 saturated carbocycles. The molecule has 1 aromatic carbocycles. The summed E-state index contributed by atoms with van der Waals surface area (Å²) in [6.45, 7) is -0.0542. The first-order chi connectivity index (χ1) is 14.8. The van der Waals surface area contributed by atoms with Crippen LogP contribution in [0.5, 0.6) is 0 Å². The van der Waals surface area contributed by atoms with E-state index < -0.39 is 17.5 Å². The van der Waals surface area contributed by atoms with Crippen molar-refractivity contribution in [1.29, 1.82) is 0 Å². The van der Waals surface area contributed by atoms with Crippen LogP contribution in [-0.2, 0) is 13.6 Å². The summed E-state index contributed by atoms with van der Waals surface area (Å²) in [6.07, 6.45) is 0.185. The molecular weight excluding hydrogens is 469 g/mol. The molecule has 0 fully saturated rings. The zero-order valence-corrected chi connectivity index (χ0v) is 18.1. The Bertz CT molecular complexity index is 1390. The van der Waals surface area contributed by atoms with Crippen LogP contribution in [0, 0.1) is 0 Å². The van der Waals surface area contributed by atoms with E-state index in [4.69, 9.17) is 23.2 Å². The zero-order valence-electron chi connectivity index (χ0n) is 15.8. The fourth-order valence-corrected chi connectivity index (χ4v) is 4.07. The van der Waals surface area contributed by atoms with Crippen LogP contribution in [0.2, 0.25) is 10.0 Å². The number of H-pyrrole nitrogens is 1. The summed E-state index contributed by atoms with van der Waals surface area (Å²) in [5, 5.41) is 24.1. The van der Waals surface area contributed by atoms with Gasteiger partial charge in [0.2, 0.25) is 0 Å². The van der Waals surface area contributed by atoms with E-state index in [0.29, 0.717) is 31.4 Å². The van der Waals surface area contributed by atoms with E-state index in [1.165, 1.54) is 17.9 Å². The lowest BCUT2D eigenvalue weighted by Gasteiger charge is -2.13. The molecule has 0 aliphatic heterocycles. The number of nitrogens with zero attached hydrogens (tertiary/aromatic N) is 4. The van der Waals surface area contributed by atoms with Crippen molar-refractivity contribution in [2.75, 3.05) is 10.8 Å². The molecule has 162 valence electrons. The normalized spacial score (nSPS) is 12.3. The van der Waals surface area contributed by atoms with Crippen LogP contribution in [0.1, 0.15) is 0 Å². The van der Waals surface area contributed by atoms with Crippen LogP contribution >= 0.6 is 34.5 Å². The largest absolute Gasteiger partial charge is 0.372 e. The van der Waals surface area contributed by atoms with Gasteiger partial charge >= 0.3 is 5.69 Å². The van der Waals surface area contributed by atoms with Crippen LogP contribution in [0.3, 0.4) is 0 Å². The van der Waals surface area contributed by atoms with Crippen molar-refractivity contribution in [2.24, 2.45) is 7.05 Å². The highest BCUT2D eigenvalue weighted by atomic mass is 35.5. The van der Waals surface area contributed by atoms with Crippen molar-refractivity contribution in [3.63, 3.8) is 0 Å². The average molecular weight is 484 g/mol. The molecule has 14 heteroatoms. The molecule has 5 N–H and O–H groups in total. The minimum absolute atomic E-state index is 0.0542. The molecule has 3 aromatic heterocycles. The molecule has 0 aliphatic carbocycles. The molecular formula is C17H15Cl2N7O4S. The van der Waals surface area contributed by atoms with Crippen molar-refractivity contribution in [3.8, 4) is 11.3 Å². The molecule has 4 aromatic rings. The van der Waals surface area contributed by atoms with Gasteiger partial charge in [-0.2, -0.15) is 0 Å². The van der Waals surface area contributed by atoms with E-state index in [1.54, 1.807) is 18.2 Å². The number of fused-ring (bicyclic) bond motifs is 1. The third-order valence-corrected chi connectivity index (χ3v) is 6.09. The Balaban J connectivity index is 1.59. The lowest BCUT2D eigenvalue weighted by molar-refractivity contribution is 0.183. The molecule has 0 bridgehead atoms. The second kappa shape index (κ2) is 8.32. The smallest absolute Gasteiger partial charge is 0.329 e. The molecule has 4 rings (SSSR count). The number of aromatic nitrogens is 5. The lowest BCUT2D eigenvalue weighted by atomic mass is 10.2. The third kappa shape index (κ3) is 4.03. The summed E-state index contributed by atoms with van der Waals surface area (Å²) in [5.41, 5.74) is 2.25. The van der Waals surface area contributed by atoms with Crippen molar-refractivity contribution in [1.82, 2.24) is 24.1 Å². The second-order valence-electron chi connectivity index (χ2n) is 6.49. The summed E-state index contributed by atoms with van der Waals surface area (Å²) >= 11 is 13.1. The highest BCUT2D eigenvalue weighted by Crippen LogP contribution is 2.37. The Hall–Kier alpha value is -2.90. The molecule has 0 saturated heterocycles. The SMILES string of the molecule is Cn1c(=O)[nH]c2ncn(CC(O)Nc3nc(-c4ccc(Cl)c(Cl)c4)c(NO)s3)c2c1=O. The van der Waals surface area contributed by atoms with Gasteiger partial charge in [-0.1, -0.05) is 40.6 Å². The number of benzene rings is 1. The van der Waals surface area contributed by atoms with Gasteiger partial charge in [0.15, 0.2) is 16.3 Å². The van der Waals surface area contributed by atoms with E-state index >= 15 is 0 Å². The molecule has 0 aliphatic rings. The zero-order chi connectivity index (χ0) is 22.3. The number of hydrogen-bond acceptors (Lipinski definition) is 9. The number of rotatable bonds is 6. The van der Waals surface area contributed by atoms with Gasteiger partial charge in [0.1, 0.15) is 16.9 Å². The summed E-state index contributed by atoms with van der Waals surface area (Å²) in [7, 11) is 1.34. The summed E-state index contributed by atoms with van der Waals surface area (Å²) < 4.78 is 2.34. The maximum Gasteiger partial charge on any atom is 0.329 e. The highest BCUT2D eigenvalue weighted by Gasteiger charge is 2.18. The number of aromatic amines is 1. The molecule has 11 nitrogen and oxygen atoms in total. The summed E-state index contributed by atoms with van der Waals surface area (Å²) in [6, 6.07) is 4.91. The fraction of sp³-hybridized carbons (Fsp3) is 0.176. The van der Waals surface area contributed by atoms with Crippen molar-refractivity contribution in [2.45, 2.75) is 12.8 Å². The van der Waals surface area contributed by atoms with Crippen LogP contribution < -0.4 is 22.0 Å². The van der Waals surface area contributed by atoms with E-state index in [9.17, 15) is 19.9 Å². The minimum Gasteiger partial charge on any atom is -0.372 e. The first-order valence-corrected chi connectivity index (χ1v) is 10.3. The van der Waals surface area contributed by atoms with Gasteiger partial charge in [0, 0.05) is 12.6 Å². The monoisotopic (exact) mass is 483 g/mol. The number of aliphatic hydroxyl groups is 1. The van der Waals surface area contributed by atoms with Crippen LogP contribution in [0.25, 0.3) is 22.4 Å². The Kier molecular flexibility index (Phi) is 5.73. The molecule has 1 unspecified atom stereocenters. The van der Waals surface area contributed by atoms with Crippen LogP contribution in [-0.4, -0.2) is 40.6 Å². The minimum atomic E-state index is -1.16. The van der Waals surface area contributed by atoms with Gasteiger partial charge in [0.05, 0.1) is 22.9 Å². The fourth-order valence-electron chi connectivity index (χ4n) is 2.94. The maximum atomic E-state index is 12.4. The van der Waals surface area contributed by atoms with Crippen molar-refractivity contribution < 1.29 is 10.3 Å². The quantitative estimate of drug-likeness (QED) is 0.206. The Morgan fingerprint density at radius 1 is 1.29 bits per heavy atom. The van der Waals surface area contributed by atoms with E-state index in [1.807, 2.05) is 0 Å². The van der Waals surface area contributed by atoms with Crippen LogP contribution in [0.15, 0.2) is 34.1 Å². The van der Waals surface area contributed by atoms with Gasteiger partial charge in [-0.15, -0.1) is 0 Å². The molecule has 3 heterocycles. The number of aliphatic hydroxyl groups excluding tert-OH is 1. The summed E-state index contributed by atoms with van der Waals surface area (Å²) in [5.74, 6) is 0. The second-order valence-corrected chi connectivity index (χ2v) is 8.30. The van der Waals surface area contributed by atoms with Crippen molar-refractivity contribution in [3.05, 3.63) is 55.4 Å².